The van der Waals surface area contributed by atoms with E-state index in [4.69, 9.17) is 9.47 Å². The van der Waals surface area contributed by atoms with Gasteiger partial charge in [0.15, 0.2) is 6.10 Å². The van der Waals surface area contributed by atoms with Crippen molar-refractivity contribution < 1.29 is 23.9 Å². The lowest BCUT2D eigenvalue weighted by Crippen LogP contribution is -2.47. The minimum absolute atomic E-state index is 0.256. The Labute approximate surface area is 147 Å². The normalized spacial score (nSPS) is 16.7. The molecule has 1 heterocycles. The van der Waals surface area contributed by atoms with Gasteiger partial charge in [0, 0.05) is 18.7 Å². The second-order valence-corrected chi connectivity index (χ2v) is 6.08. The van der Waals surface area contributed by atoms with Crippen molar-refractivity contribution in [1.29, 1.82) is 0 Å². The van der Waals surface area contributed by atoms with Crippen molar-refractivity contribution in [2.45, 2.75) is 32.9 Å². The van der Waals surface area contributed by atoms with Crippen molar-refractivity contribution in [3.05, 3.63) is 35.4 Å². The summed E-state index contributed by atoms with van der Waals surface area (Å²) >= 11 is 0. The highest BCUT2D eigenvalue weighted by atomic mass is 16.5. The Morgan fingerprint density at radius 2 is 1.88 bits per heavy atom. The number of nitrogens with one attached hydrogen (secondary N) is 1. The predicted molar refractivity (Wildman–Crippen MR) is 91.1 cm³/mol. The number of aryl methyl sites for hydroxylation is 1. The van der Waals surface area contributed by atoms with Crippen LogP contribution in [0.25, 0.3) is 0 Å². The fourth-order valence-electron chi connectivity index (χ4n) is 2.49. The second-order valence-electron chi connectivity index (χ2n) is 6.08. The summed E-state index contributed by atoms with van der Waals surface area (Å²) in [4.78, 5) is 38.2. The standard InChI is InChI=1S/C18H24N2O5/c1-12-5-4-6-15(11-12)16(21)19-13(2)18(23)25-14(3)17(22)20-7-9-24-10-8-20/h4-6,11,13-14H,7-10H2,1-3H3,(H,19,21)/t13-,14-/m0/s1. The van der Waals surface area contributed by atoms with Crippen LogP contribution < -0.4 is 5.32 Å². The van der Waals surface area contributed by atoms with E-state index in [9.17, 15) is 14.4 Å². The molecular formula is C18H24N2O5. The number of hydrogen-bond donors (Lipinski definition) is 1. The lowest BCUT2D eigenvalue weighted by atomic mass is 10.1. The summed E-state index contributed by atoms with van der Waals surface area (Å²) in [7, 11) is 0. The summed E-state index contributed by atoms with van der Waals surface area (Å²) < 4.78 is 10.4. The van der Waals surface area contributed by atoms with Crippen LogP contribution in [0.15, 0.2) is 24.3 Å². The van der Waals surface area contributed by atoms with E-state index in [0.29, 0.717) is 31.9 Å². The molecule has 0 unspecified atom stereocenters. The number of benzene rings is 1. The van der Waals surface area contributed by atoms with Gasteiger partial charge in [-0.05, 0) is 32.9 Å². The first-order valence-corrected chi connectivity index (χ1v) is 8.33. The average molecular weight is 348 g/mol. The second kappa shape index (κ2) is 8.62. The van der Waals surface area contributed by atoms with Crippen LogP contribution in [0.2, 0.25) is 0 Å². The highest BCUT2D eigenvalue weighted by Crippen LogP contribution is 2.07. The minimum atomic E-state index is -0.899. The number of ether oxygens (including phenoxy) is 2. The third-order valence-electron chi connectivity index (χ3n) is 3.94. The molecule has 2 atom stereocenters. The first kappa shape index (κ1) is 18.9. The van der Waals surface area contributed by atoms with Crippen molar-refractivity contribution in [3.63, 3.8) is 0 Å². The van der Waals surface area contributed by atoms with Crippen molar-refractivity contribution in [2.24, 2.45) is 0 Å². The van der Waals surface area contributed by atoms with E-state index >= 15 is 0 Å². The van der Waals surface area contributed by atoms with Crippen LogP contribution in [0.3, 0.4) is 0 Å². The first-order valence-electron chi connectivity index (χ1n) is 8.33. The van der Waals surface area contributed by atoms with Crippen LogP contribution in [-0.2, 0) is 19.1 Å². The van der Waals surface area contributed by atoms with Gasteiger partial charge in [-0.25, -0.2) is 4.79 Å². The maximum Gasteiger partial charge on any atom is 0.329 e. The van der Waals surface area contributed by atoms with E-state index in [1.807, 2.05) is 13.0 Å². The number of rotatable bonds is 5. The Bertz CT molecular complexity index is 640. The van der Waals surface area contributed by atoms with E-state index in [0.717, 1.165) is 5.56 Å². The van der Waals surface area contributed by atoms with Crippen LogP contribution in [-0.4, -0.2) is 61.1 Å². The van der Waals surface area contributed by atoms with Crippen LogP contribution in [0.1, 0.15) is 29.8 Å². The molecule has 7 nitrogen and oxygen atoms in total. The molecule has 0 aliphatic carbocycles. The zero-order valence-electron chi connectivity index (χ0n) is 14.8. The van der Waals surface area contributed by atoms with Gasteiger partial charge in [0.1, 0.15) is 6.04 Å². The molecule has 2 amide bonds. The Morgan fingerprint density at radius 3 is 2.52 bits per heavy atom. The molecule has 7 heteroatoms. The van der Waals surface area contributed by atoms with Gasteiger partial charge >= 0.3 is 5.97 Å². The Hall–Kier alpha value is -2.41. The van der Waals surface area contributed by atoms with Crippen LogP contribution in [0, 0.1) is 6.92 Å². The van der Waals surface area contributed by atoms with Gasteiger partial charge in [0.2, 0.25) is 0 Å². The van der Waals surface area contributed by atoms with Crippen LogP contribution in [0.5, 0.6) is 0 Å². The Balaban J connectivity index is 1.86. The summed E-state index contributed by atoms with van der Waals surface area (Å²) in [6.45, 7) is 6.88. The molecule has 1 aliphatic rings. The summed E-state index contributed by atoms with van der Waals surface area (Å²) in [6, 6.07) is 6.21. The fourth-order valence-corrected chi connectivity index (χ4v) is 2.49. The molecule has 0 saturated carbocycles. The number of carbonyl (C=O) groups is 3. The molecule has 1 N–H and O–H groups in total. The van der Waals surface area contributed by atoms with Crippen molar-refractivity contribution in [3.8, 4) is 0 Å². The minimum Gasteiger partial charge on any atom is -0.451 e. The van der Waals surface area contributed by atoms with E-state index in [2.05, 4.69) is 5.32 Å². The van der Waals surface area contributed by atoms with Gasteiger partial charge in [-0.3, -0.25) is 9.59 Å². The summed E-state index contributed by atoms with van der Waals surface area (Å²) in [6.07, 6.45) is -0.899. The maximum atomic E-state index is 12.2. The first-order chi connectivity index (χ1) is 11.9. The lowest BCUT2D eigenvalue weighted by molar-refractivity contribution is -0.162. The number of carbonyl (C=O) groups excluding carboxylic acids is 3. The van der Waals surface area contributed by atoms with Crippen molar-refractivity contribution >= 4 is 17.8 Å². The molecule has 1 aromatic rings. The van der Waals surface area contributed by atoms with Crippen LogP contribution in [0.4, 0.5) is 0 Å². The molecule has 2 rings (SSSR count). The molecule has 0 aromatic heterocycles. The van der Waals surface area contributed by atoms with E-state index < -0.39 is 18.1 Å². The topological polar surface area (TPSA) is 84.9 Å². The highest BCUT2D eigenvalue weighted by molar-refractivity contribution is 5.97. The van der Waals surface area contributed by atoms with E-state index in [-0.39, 0.29) is 11.8 Å². The maximum absolute atomic E-state index is 12.2. The van der Waals surface area contributed by atoms with Crippen molar-refractivity contribution in [1.82, 2.24) is 10.2 Å². The third kappa shape index (κ3) is 5.29. The van der Waals surface area contributed by atoms with Gasteiger partial charge in [-0.1, -0.05) is 17.7 Å². The Kier molecular flexibility index (Phi) is 6.52. The largest absolute Gasteiger partial charge is 0.451 e. The number of morpholine rings is 1. The molecule has 1 aliphatic heterocycles. The molecule has 1 aromatic carbocycles. The molecule has 1 fully saturated rings. The van der Waals surface area contributed by atoms with Gasteiger partial charge in [-0.15, -0.1) is 0 Å². The summed E-state index contributed by atoms with van der Waals surface area (Å²) in [5.41, 5.74) is 1.42. The average Bonchev–Trinajstić information content (AvgIpc) is 2.61. The monoisotopic (exact) mass is 348 g/mol. The highest BCUT2D eigenvalue weighted by Gasteiger charge is 2.27. The molecule has 0 bridgehead atoms. The summed E-state index contributed by atoms with van der Waals surface area (Å²) in [5, 5.41) is 2.59. The van der Waals surface area contributed by atoms with E-state index in [1.54, 1.807) is 23.1 Å². The number of hydrogen-bond acceptors (Lipinski definition) is 5. The summed E-state index contributed by atoms with van der Waals surface area (Å²) in [5.74, 6) is -1.26. The molecule has 136 valence electrons. The predicted octanol–water partition coefficient (Wildman–Crippen LogP) is 0.904. The van der Waals surface area contributed by atoms with Crippen molar-refractivity contribution in [2.75, 3.05) is 26.3 Å². The molecular weight excluding hydrogens is 324 g/mol. The SMILES string of the molecule is Cc1cccc(C(=O)N[C@@H](C)C(=O)O[C@@H](C)C(=O)N2CCOCC2)c1. The fraction of sp³-hybridized carbons (Fsp3) is 0.500. The molecule has 0 spiro atoms. The van der Waals surface area contributed by atoms with Gasteiger partial charge in [-0.2, -0.15) is 0 Å². The zero-order valence-corrected chi connectivity index (χ0v) is 14.8. The zero-order chi connectivity index (χ0) is 18.4. The van der Waals surface area contributed by atoms with Gasteiger partial charge in [0.25, 0.3) is 11.8 Å². The van der Waals surface area contributed by atoms with Gasteiger partial charge in [0.05, 0.1) is 13.2 Å². The molecule has 0 radical (unpaired) electrons. The molecule has 25 heavy (non-hydrogen) atoms. The lowest BCUT2D eigenvalue weighted by Gasteiger charge is -2.29. The molecule has 1 saturated heterocycles. The smallest absolute Gasteiger partial charge is 0.329 e. The van der Waals surface area contributed by atoms with Gasteiger partial charge < -0.3 is 19.7 Å². The quantitative estimate of drug-likeness (QED) is 0.800. The third-order valence-corrected chi connectivity index (χ3v) is 3.94. The number of nitrogens with zero attached hydrogens (tertiary/aromatic N) is 1. The van der Waals surface area contributed by atoms with Crippen LogP contribution >= 0.6 is 0 Å². The Morgan fingerprint density at radius 1 is 1.20 bits per heavy atom. The number of esters is 1. The number of amides is 2. The van der Waals surface area contributed by atoms with E-state index in [1.165, 1.54) is 13.8 Å².